The highest BCUT2D eigenvalue weighted by Crippen LogP contribution is 2.45. The molecule has 0 unspecified atom stereocenters. The van der Waals surface area contributed by atoms with E-state index in [4.69, 9.17) is 6.42 Å². The molecule has 2 aliphatic carbocycles. The van der Waals surface area contributed by atoms with Crippen molar-refractivity contribution in [3.05, 3.63) is 290 Å². The topological polar surface area (TPSA) is 14.7 Å². The zero-order valence-electron chi connectivity index (χ0n) is 40.4. The lowest BCUT2D eigenvalue weighted by Crippen LogP contribution is -2.20. The van der Waals surface area contributed by atoms with E-state index in [0.717, 1.165) is 92.3 Å². The summed E-state index contributed by atoms with van der Waals surface area (Å²) in [4.78, 5) is 7.02. The first-order valence-electron chi connectivity index (χ1n) is 24.7. The molecule has 0 atom stereocenters. The molecule has 2 aliphatic rings. The van der Waals surface area contributed by atoms with E-state index in [0.29, 0.717) is 0 Å². The highest BCUT2D eigenvalue weighted by molar-refractivity contribution is 6.13. The van der Waals surface area contributed by atoms with Crippen LogP contribution in [0.5, 0.6) is 0 Å². The van der Waals surface area contributed by atoms with E-state index in [2.05, 4.69) is 262 Å². The van der Waals surface area contributed by atoms with Gasteiger partial charge in [0.2, 0.25) is 0 Å². The third kappa shape index (κ3) is 8.70. The highest BCUT2D eigenvalue weighted by atomic mass is 15.2. The van der Waals surface area contributed by atoms with Crippen LogP contribution in [0.15, 0.2) is 278 Å². The van der Waals surface area contributed by atoms with Crippen molar-refractivity contribution < 1.29 is 0 Å². The second-order valence-corrected chi connectivity index (χ2v) is 18.0. The average molecular weight is 927 g/mol. The molecular weight excluding hydrogens is 873 g/mol. The summed E-state index contributed by atoms with van der Waals surface area (Å²) in [6.07, 6.45) is 31.7. The van der Waals surface area contributed by atoms with Crippen molar-refractivity contribution >= 4 is 72.4 Å². The zero-order valence-corrected chi connectivity index (χ0v) is 40.4. The number of benzene rings is 8. The minimum Gasteiger partial charge on any atom is -0.310 e. The Bertz CT molecular complexity index is 3750. The van der Waals surface area contributed by atoms with Gasteiger partial charge in [-0.05, 0) is 152 Å². The third-order valence-corrected chi connectivity index (χ3v) is 13.6. The molecule has 72 heavy (non-hydrogen) atoms. The number of nitrogens with zero attached hydrogens (tertiary/aromatic N) is 4. The number of terminal acetylenes is 1. The second kappa shape index (κ2) is 20.3. The molecule has 4 nitrogen and oxygen atoms in total. The number of aryl methyl sites for hydroxylation is 1. The summed E-state index contributed by atoms with van der Waals surface area (Å²) in [5, 5.41) is 4.67. The first-order valence-corrected chi connectivity index (χ1v) is 24.7. The van der Waals surface area contributed by atoms with E-state index in [-0.39, 0.29) is 0 Å². The van der Waals surface area contributed by atoms with Gasteiger partial charge in [0.1, 0.15) is 0 Å². The van der Waals surface area contributed by atoms with E-state index >= 15 is 0 Å². The molecule has 0 amide bonds. The molecule has 8 aromatic carbocycles. The number of anilines is 6. The Morgan fingerprint density at radius 1 is 0.625 bits per heavy atom. The number of rotatable bonds is 13. The van der Waals surface area contributed by atoms with Crippen LogP contribution in [0.2, 0.25) is 0 Å². The molecule has 0 aliphatic heterocycles. The lowest BCUT2D eigenvalue weighted by molar-refractivity contribution is 0.968. The normalized spacial score (nSPS) is 14.2. The van der Waals surface area contributed by atoms with Gasteiger partial charge in [-0.1, -0.05) is 152 Å². The van der Waals surface area contributed by atoms with Crippen LogP contribution in [0, 0.1) is 12.3 Å². The minimum absolute atomic E-state index is 0.823. The molecular formula is C68H54N4. The predicted molar refractivity (Wildman–Crippen MR) is 308 cm³/mol. The van der Waals surface area contributed by atoms with Crippen LogP contribution < -0.4 is 14.7 Å². The Labute approximate surface area is 423 Å². The van der Waals surface area contributed by atoms with Crippen LogP contribution in [0.25, 0.3) is 44.0 Å². The molecule has 9 aromatic rings. The van der Waals surface area contributed by atoms with Gasteiger partial charge in [-0.15, -0.1) is 6.42 Å². The monoisotopic (exact) mass is 926 g/mol. The lowest BCUT2D eigenvalue weighted by atomic mass is 9.93. The number of aromatic nitrogens is 1. The summed E-state index contributed by atoms with van der Waals surface area (Å²) in [5.74, 6) is 2.82. The van der Waals surface area contributed by atoms with Gasteiger partial charge < -0.3 is 19.3 Å². The summed E-state index contributed by atoms with van der Waals surface area (Å²) < 4.78 is 2.41. The fourth-order valence-electron chi connectivity index (χ4n) is 10.4. The van der Waals surface area contributed by atoms with Gasteiger partial charge in [0.05, 0.1) is 22.4 Å². The van der Waals surface area contributed by atoms with Crippen LogP contribution >= 0.6 is 0 Å². The Morgan fingerprint density at radius 3 is 1.97 bits per heavy atom. The molecule has 0 fully saturated rings. The maximum Gasteiger partial charge on any atom is 0.0547 e. The van der Waals surface area contributed by atoms with Crippen LogP contribution in [-0.4, -0.2) is 4.57 Å². The molecule has 4 heteroatoms. The number of allylic oxidation sites excluding steroid dienone is 12. The minimum atomic E-state index is 0.823. The summed E-state index contributed by atoms with van der Waals surface area (Å²) in [6.45, 7) is 6.26. The molecule has 1 heterocycles. The van der Waals surface area contributed by atoms with E-state index in [1.54, 1.807) is 0 Å². The van der Waals surface area contributed by atoms with Gasteiger partial charge in [-0.2, -0.15) is 0 Å². The van der Waals surface area contributed by atoms with E-state index in [9.17, 15) is 0 Å². The fourth-order valence-corrected chi connectivity index (χ4v) is 10.4. The Kier molecular flexibility index (Phi) is 12.8. The van der Waals surface area contributed by atoms with Gasteiger partial charge >= 0.3 is 0 Å². The Balaban J connectivity index is 1.13. The maximum absolute atomic E-state index is 6.05. The van der Waals surface area contributed by atoms with Crippen molar-refractivity contribution in [2.75, 3.05) is 14.7 Å². The molecule has 346 valence electrons. The number of hydrogen-bond acceptors (Lipinski definition) is 3. The van der Waals surface area contributed by atoms with E-state index in [1.165, 1.54) is 33.2 Å². The third-order valence-electron chi connectivity index (χ3n) is 13.6. The molecule has 0 spiro atoms. The zero-order chi connectivity index (χ0) is 48.8. The molecule has 11 rings (SSSR count). The van der Waals surface area contributed by atoms with Crippen molar-refractivity contribution in [3.63, 3.8) is 0 Å². The number of hydrogen-bond donors (Lipinski definition) is 0. The first kappa shape index (κ1) is 45.2. The molecule has 0 saturated carbocycles. The highest BCUT2D eigenvalue weighted by Gasteiger charge is 2.24. The van der Waals surface area contributed by atoms with Crippen molar-refractivity contribution in [2.45, 2.75) is 26.2 Å². The quantitative estimate of drug-likeness (QED) is 0.0846. The van der Waals surface area contributed by atoms with Crippen molar-refractivity contribution in [1.29, 1.82) is 0 Å². The first-order chi connectivity index (χ1) is 35.6. The van der Waals surface area contributed by atoms with Crippen LogP contribution in [0.1, 0.15) is 30.9 Å². The average Bonchev–Trinajstić information content (AvgIpc) is 3.76. The van der Waals surface area contributed by atoms with E-state index in [1.807, 2.05) is 31.2 Å². The summed E-state index contributed by atoms with van der Waals surface area (Å²) in [6, 6.07) is 68.3. The lowest BCUT2D eigenvalue weighted by Gasteiger charge is -2.31. The SMILES string of the molecule is C#C/C=C(\C=C1\C=CC=CC1)N(/C(C=C)=C/C=C\C)c1ccc(-n2c3ccc(N(C4=CCCc5ccccc54)c4ccccc4)cc3c3cc(N(c4ccccc4)c4cccc5ccccc45)ccc32)cc1. The smallest absolute Gasteiger partial charge is 0.0547 e. The van der Waals surface area contributed by atoms with Crippen LogP contribution in [0.4, 0.5) is 34.1 Å². The molecule has 1 aromatic heterocycles. The van der Waals surface area contributed by atoms with Gasteiger partial charge in [-0.25, -0.2) is 0 Å². The number of para-hydroxylation sites is 2. The van der Waals surface area contributed by atoms with Gasteiger partial charge in [0.25, 0.3) is 0 Å². The van der Waals surface area contributed by atoms with Crippen molar-refractivity contribution in [1.82, 2.24) is 4.57 Å². The predicted octanol–water partition coefficient (Wildman–Crippen LogP) is 17.9. The molecule has 0 bridgehead atoms. The summed E-state index contributed by atoms with van der Waals surface area (Å²) >= 11 is 0. The van der Waals surface area contributed by atoms with E-state index < -0.39 is 0 Å². The number of fused-ring (bicyclic) bond motifs is 5. The maximum atomic E-state index is 6.05. The molecule has 0 saturated heterocycles. The fraction of sp³-hybridized carbons (Fsp3) is 0.0588. The Morgan fingerprint density at radius 2 is 1.28 bits per heavy atom. The van der Waals surface area contributed by atoms with Crippen LogP contribution in [-0.2, 0) is 6.42 Å². The van der Waals surface area contributed by atoms with Crippen LogP contribution in [0.3, 0.4) is 0 Å². The summed E-state index contributed by atoms with van der Waals surface area (Å²) in [5.41, 5.74) is 16.5. The van der Waals surface area contributed by atoms with Gasteiger partial charge in [0.15, 0.2) is 0 Å². The largest absolute Gasteiger partial charge is 0.310 e. The van der Waals surface area contributed by atoms with Gasteiger partial charge in [-0.3, -0.25) is 0 Å². The van der Waals surface area contributed by atoms with Gasteiger partial charge in [0, 0.05) is 73.3 Å². The molecule has 0 N–H and O–H groups in total. The van der Waals surface area contributed by atoms with Crippen molar-refractivity contribution in [2.24, 2.45) is 0 Å². The van der Waals surface area contributed by atoms with Crippen molar-refractivity contribution in [3.8, 4) is 18.0 Å². The molecule has 0 radical (unpaired) electrons. The standard InChI is InChI=1S/C68H54N4/c1-4-7-30-53(6-3)69(58(23-5-2)47-50-24-11-8-12-25-50)56-39-41-57(42-40-56)72-67-45-43-59(70(54-31-13-9-14-32-54)65-37-21-28-51-26-17-19-35-61(51)65)48-63(67)64-49-60(44-46-68(64)72)71(55-33-15-10-16-34-55)66-38-22-29-52-27-18-20-36-62(52)66/h2,4,6-21,23-24,26-28,30-49H,3,22,25,29H2,1H3/b7-4-,50-47-,53-30+,58-23+. The second-order valence-electron chi connectivity index (χ2n) is 18.0. The Hall–Kier alpha value is -9.30. The summed E-state index contributed by atoms with van der Waals surface area (Å²) in [7, 11) is 0.